The summed E-state index contributed by atoms with van der Waals surface area (Å²) in [6, 6.07) is 23.9. The Morgan fingerprint density at radius 3 is 1.75 bits per heavy atom. The highest BCUT2D eigenvalue weighted by Gasteiger charge is 2.19. The Labute approximate surface area is 117 Å². The zero-order valence-electron chi connectivity index (χ0n) is 10.9. The second-order valence-corrected chi connectivity index (χ2v) is 4.61. The van der Waals surface area contributed by atoms with Gasteiger partial charge in [0, 0.05) is 0 Å². The standard InChI is InChI=1S/C18H14O2/c19-13-16-11-12-17(20-16)18(14-7-3-1-4-8-14)15-9-5-2-6-10-15/h1-13,18H. The molecule has 0 spiro atoms. The Bertz CT molecular complexity index is 644. The Balaban J connectivity index is 2.11. The van der Waals surface area contributed by atoms with Crippen LogP contribution >= 0.6 is 0 Å². The lowest BCUT2D eigenvalue weighted by molar-refractivity contribution is 0.109. The van der Waals surface area contributed by atoms with Gasteiger partial charge in [-0.05, 0) is 23.3 Å². The van der Waals surface area contributed by atoms with Crippen molar-refractivity contribution in [3.8, 4) is 0 Å². The molecule has 0 N–H and O–H groups in total. The van der Waals surface area contributed by atoms with Gasteiger partial charge in [0.2, 0.25) is 0 Å². The highest BCUT2D eigenvalue weighted by atomic mass is 16.3. The molecule has 98 valence electrons. The van der Waals surface area contributed by atoms with Gasteiger partial charge >= 0.3 is 0 Å². The molecule has 3 rings (SSSR count). The second-order valence-electron chi connectivity index (χ2n) is 4.61. The molecule has 1 heterocycles. The summed E-state index contributed by atoms with van der Waals surface area (Å²) in [7, 11) is 0. The molecule has 0 amide bonds. The van der Waals surface area contributed by atoms with Gasteiger partial charge in [0.05, 0.1) is 5.92 Å². The fraction of sp³-hybridized carbons (Fsp3) is 0.0556. The Kier molecular flexibility index (Phi) is 3.46. The SMILES string of the molecule is O=Cc1ccc(C(c2ccccc2)c2ccccc2)o1. The molecule has 0 saturated heterocycles. The van der Waals surface area contributed by atoms with E-state index in [2.05, 4.69) is 24.3 Å². The van der Waals surface area contributed by atoms with E-state index >= 15 is 0 Å². The predicted molar refractivity (Wildman–Crippen MR) is 77.9 cm³/mol. The Hall–Kier alpha value is -2.61. The van der Waals surface area contributed by atoms with Crippen molar-refractivity contribution < 1.29 is 9.21 Å². The molecule has 2 nitrogen and oxygen atoms in total. The molecule has 1 aromatic heterocycles. The van der Waals surface area contributed by atoms with Gasteiger partial charge in [-0.25, -0.2) is 0 Å². The van der Waals surface area contributed by atoms with Crippen molar-refractivity contribution in [2.75, 3.05) is 0 Å². The third-order valence-corrected chi connectivity index (χ3v) is 3.31. The monoisotopic (exact) mass is 262 g/mol. The highest BCUT2D eigenvalue weighted by Crippen LogP contribution is 2.32. The summed E-state index contributed by atoms with van der Waals surface area (Å²) in [6.45, 7) is 0. The summed E-state index contributed by atoms with van der Waals surface area (Å²) in [5, 5.41) is 0. The summed E-state index contributed by atoms with van der Waals surface area (Å²) in [4.78, 5) is 10.8. The maximum absolute atomic E-state index is 10.8. The van der Waals surface area contributed by atoms with Gasteiger partial charge in [-0.1, -0.05) is 60.7 Å². The van der Waals surface area contributed by atoms with E-state index in [1.165, 1.54) is 0 Å². The fourth-order valence-electron chi connectivity index (χ4n) is 2.40. The van der Waals surface area contributed by atoms with E-state index in [0.29, 0.717) is 5.76 Å². The minimum atomic E-state index is 0.00565. The van der Waals surface area contributed by atoms with E-state index in [4.69, 9.17) is 4.42 Å². The molecule has 2 heteroatoms. The number of hydrogen-bond donors (Lipinski definition) is 0. The highest BCUT2D eigenvalue weighted by molar-refractivity contribution is 5.70. The molecule has 3 aromatic rings. The van der Waals surface area contributed by atoms with Crippen molar-refractivity contribution in [2.24, 2.45) is 0 Å². The first-order valence-corrected chi connectivity index (χ1v) is 6.53. The Morgan fingerprint density at radius 1 is 0.750 bits per heavy atom. The third-order valence-electron chi connectivity index (χ3n) is 3.31. The van der Waals surface area contributed by atoms with Crippen molar-refractivity contribution >= 4 is 6.29 Å². The molecule has 0 atom stereocenters. The van der Waals surface area contributed by atoms with Gasteiger partial charge in [0.1, 0.15) is 5.76 Å². The van der Waals surface area contributed by atoms with Crippen molar-refractivity contribution in [1.82, 2.24) is 0 Å². The largest absolute Gasteiger partial charge is 0.457 e. The summed E-state index contributed by atoms with van der Waals surface area (Å²) >= 11 is 0. The number of aldehydes is 1. The number of rotatable bonds is 4. The molecule has 0 unspecified atom stereocenters. The molecular formula is C18H14O2. The van der Waals surface area contributed by atoms with Crippen LogP contribution in [0, 0.1) is 0 Å². The lowest BCUT2D eigenvalue weighted by Crippen LogP contribution is -2.01. The minimum absolute atomic E-state index is 0.00565. The number of benzene rings is 2. The molecule has 0 radical (unpaired) electrons. The van der Waals surface area contributed by atoms with Gasteiger partial charge in [0.25, 0.3) is 0 Å². The van der Waals surface area contributed by atoms with Gasteiger partial charge < -0.3 is 4.42 Å². The smallest absolute Gasteiger partial charge is 0.185 e. The van der Waals surface area contributed by atoms with Gasteiger partial charge in [-0.2, -0.15) is 0 Å². The van der Waals surface area contributed by atoms with Crippen LogP contribution in [0.1, 0.15) is 33.4 Å². The lowest BCUT2D eigenvalue weighted by atomic mass is 9.89. The number of carbonyl (C=O) groups is 1. The van der Waals surface area contributed by atoms with Crippen molar-refractivity contribution in [2.45, 2.75) is 5.92 Å². The predicted octanol–water partition coefficient (Wildman–Crippen LogP) is 4.27. The summed E-state index contributed by atoms with van der Waals surface area (Å²) in [6.07, 6.45) is 0.733. The van der Waals surface area contributed by atoms with Crippen LogP contribution < -0.4 is 0 Å². The molecule has 0 saturated carbocycles. The summed E-state index contributed by atoms with van der Waals surface area (Å²) in [5.74, 6) is 1.15. The molecule has 0 fully saturated rings. The van der Waals surface area contributed by atoms with E-state index in [9.17, 15) is 4.79 Å². The maximum Gasteiger partial charge on any atom is 0.185 e. The van der Waals surface area contributed by atoms with Crippen molar-refractivity contribution in [1.29, 1.82) is 0 Å². The molecule has 20 heavy (non-hydrogen) atoms. The third kappa shape index (κ3) is 2.41. The van der Waals surface area contributed by atoms with Crippen molar-refractivity contribution in [3.05, 3.63) is 95.4 Å². The topological polar surface area (TPSA) is 30.2 Å². The molecule has 0 bridgehead atoms. The van der Waals surface area contributed by atoms with Gasteiger partial charge in [-0.15, -0.1) is 0 Å². The van der Waals surface area contributed by atoms with Crippen LogP contribution in [0.15, 0.2) is 77.2 Å². The maximum atomic E-state index is 10.8. The fourth-order valence-corrected chi connectivity index (χ4v) is 2.40. The first-order chi connectivity index (χ1) is 9.88. The van der Waals surface area contributed by atoms with Gasteiger partial charge in [0.15, 0.2) is 12.0 Å². The first kappa shape index (κ1) is 12.4. The van der Waals surface area contributed by atoms with Crippen molar-refractivity contribution in [3.63, 3.8) is 0 Å². The van der Waals surface area contributed by atoms with Crippen LogP contribution in [-0.4, -0.2) is 6.29 Å². The summed E-state index contributed by atoms with van der Waals surface area (Å²) < 4.78 is 5.64. The van der Waals surface area contributed by atoms with E-state index in [-0.39, 0.29) is 5.92 Å². The quantitative estimate of drug-likeness (QED) is 0.657. The molecule has 0 aliphatic rings. The number of furan rings is 1. The van der Waals surface area contributed by atoms with E-state index < -0.39 is 0 Å². The lowest BCUT2D eigenvalue weighted by Gasteiger charge is -2.15. The van der Waals surface area contributed by atoms with Crippen LogP contribution in [-0.2, 0) is 0 Å². The second kappa shape index (κ2) is 5.57. The van der Waals surface area contributed by atoms with Crippen LogP contribution in [0.4, 0.5) is 0 Å². The van der Waals surface area contributed by atoms with E-state index in [0.717, 1.165) is 23.2 Å². The van der Waals surface area contributed by atoms with Crippen LogP contribution in [0.2, 0.25) is 0 Å². The Morgan fingerprint density at radius 2 is 1.30 bits per heavy atom. The van der Waals surface area contributed by atoms with E-state index in [1.807, 2.05) is 42.5 Å². The zero-order chi connectivity index (χ0) is 13.8. The average Bonchev–Trinajstić information content (AvgIpc) is 2.98. The summed E-state index contributed by atoms with van der Waals surface area (Å²) in [5.41, 5.74) is 2.29. The van der Waals surface area contributed by atoms with Crippen LogP contribution in [0.5, 0.6) is 0 Å². The first-order valence-electron chi connectivity index (χ1n) is 6.53. The number of hydrogen-bond acceptors (Lipinski definition) is 2. The molecule has 0 aliphatic heterocycles. The minimum Gasteiger partial charge on any atom is -0.457 e. The molecule has 0 aliphatic carbocycles. The van der Waals surface area contributed by atoms with Crippen LogP contribution in [0.3, 0.4) is 0 Å². The molecular weight excluding hydrogens is 248 g/mol. The normalized spacial score (nSPS) is 10.7. The average molecular weight is 262 g/mol. The van der Waals surface area contributed by atoms with Crippen LogP contribution in [0.25, 0.3) is 0 Å². The van der Waals surface area contributed by atoms with E-state index in [1.54, 1.807) is 6.07 Å². The zero-order valence-corrected chi connectivity index (χ0v) is 10.9. The number of carbonyl (C=O) groups excluding carboxylic acids is 1. The molecule has 2 aromatic carbocycles. The van der Waals surface area contributed by atoms with Gasteiger partial charge in [-0.3, -0.25) is 4.79 Å².